The third-order valence-electron chi connectivity index (χ3n) is 3.88. The lowest BCUT2D eigenvalue weighted by Gasteiger charge is -2.13. The second-order valence-electron chi connectivity index (χ2n) is 5.82. The van der Waals surface area contributed by atoms with Gasteiger partial charge in [-0.3, -0.25) is 0 Å². The Morgan fingerprint density at radius 1 is 1.37 bits per heavy atom. The fraction of sp³-hybridized carbons (Fsp3) is 0.150. The normalized spacial score (nSPS) is 11.2. The van der Waals surface area contributed by atoms with E-state index in [-0.39, 0.29) is 11.3 Å². The van der Waals surface area contributed by atoms with Gasteiger partial charge in [0.15, 0.2) is 11.5 Å². The van der Waals surface area contributed by atoms with E-state index < -0.39 is 12.6 Å². The van der Waals surface area contributed by atoms with Crippen molar-refractivity contribution in [2.45, 2.75) is 6.92 Å². The summed E-state index contributed by atoms with van der Waals surface area (Å²) in [7, 11) is 1.45. The summed E-state index contributed by atoms with van der Waals surface area (Å²) in [5.74, 6) is -0.387. The van der Waals surface area contributed by atoms with E-state index in [1.807, 2.05) is 25.1 Å². The number of allylic oxidation sites excluding steroid dienone is 1. The highest BCUT2D eigenvalue weighted by atomic mass is 16.5. The molecule has 3 rings (SSSR count). The zero-order chi connectivity index (χ0) is 19.4. The van der Waals surface area contributed by atoms with Crippen molar-refractivity contribution in [3.8, 4) is 17.6 Å². The van der Waals surface area contributed by atoms with Crippen molar-refractivity contribution in [3.63, 3.8) is 0 Å². The van der Waals surface area contributed by atoms with Gasteiger partial charge in [-0.05, 0) is 36.8 Å². The van der Waals surface area contributed by atoms with Crippen LogP contribution >= 0.6 is 0 Å². The predicted octanol–water partition coefficient (Wildman–Crippen LogP) is 2.07. The number of methoxy groups -OCH3 is 1. The minimum atomic E-state index is -1.36. The number of rotatable bonds is 6. The molecule has 0 unspecified atom stereocenters. The van der Waals surface area contributed by atoms with Gasteiger partial charge in [0.25, 0.3) is 0 Å². The molecule has 0 bridgehead atoms. The number of imidazole rings is 1. The number of nitrogens with one attached hydrogen (secondary N) is 1. The van der Waals surface area contributed by atoms with E-state index in [1.54, 1.807) is 24.3 Å². The molecule has 0 aliphatic rings. The van der Waals surface area contributed by atoms with Gasteiger partial charge < -0.3 is 24.4 Å². The standard InChI is InChI=1S/C20H17N3O4/c1-12-6-7-15-16(8-12)23-20(22-15)14(10-21)9-13-4-3-5-17(26-2)19(13)27-11-18(24)25/h3-9H,11H2,1-2H3,(H,22,23)(H,24,25)/p-1/b14-9+. The largest absolute Gasteiger partial charge is 0.546 e. The highest BCUT2D eigenvalue weighted by Gasteiger charge is 2.13. The number of carboxylic acid groups (broad SMARTS) is 1. The highest BCUT2D eigenvalue weighted by Crippen LogP contribution is 2.33. The van der Waals surface area contributed by atoms with Gasteiger partial charge in [-0.1, -0.05) is 18.2 Å². The fourth-order valence-corrected chi connectivity index (χ4v) is 2.65. The van der Waals surface area contributed by atoms with Crippen molar-refractivity contribution in [2.24, 2.45) is 0 Å². The molecule has 0 spiro atoms. The molecule has 0 atom stereocenters. The quantitative estimate of drug-likeness (QED) is 0.672. The number of ether oxygens (including phenoxy) is 2. The maximum Gasteiger partial charge on any atom is 0.168 e. The zero-order valence-corrected chi connectivity index (χ0v) is 14.8. The van der Waals surface area contributed by atoms with Gasteiger partial charge in [0.2, 0.25) is 0 Å². The number of para-hydroxylation sites is 1. The van der Waals surface area contributed by atoms with Crippen LogP contribution in [-0.2, 0) is 4.79 Å². The number of benzene rings is 2. The molecular weight excluding hydrogens is 346 g/mol. The number of aromatic amines is 1. The Kier molecular flexibility index (Phi) is 5.08. The first-order chi connectivity index (χ1) is 13.0. The molecule has 0 radical (unpaired) electrons. The summed E-state index contributed by atoms with van der Waals surface area (Å²) in [4.78, 5) is 18.3. The van der Waals surface area contributed by atoms with Gasteiger partial charge in [-0.15, -0.1) is 0 Å². The second kappa shape index (κ2) is 7.62. The number of carbonyl (C=O) groups is 1. The third-order valence-corrected chi connectivity index (χ3v) is 3.88. The van der Waals surface area contributed by atoms with Gasteiger partial charge in [0.05, 0.1) is 29.7 Å². The first-order valence-corrected chi connectivity index (χ1v) is 8.10. The minimum Gasteiger partial charge on any atom is -0.546 e. The number of hydrogen-bond acceptors (Lipinski definition) is 6. The lowest BCUT2D eigenvalue weighted by atomic mass is 10.1. The molecule has 0 aliphatic carbocycles. The molecule has 1 aromatic heterocycles. The van der Waals surface area contributed by atoms with Gasteiger partial charge in [0.1, 0.15) is 18.5 Å². The lowest BCUT2D eigenvalue weighted by molar-refractivity contribution is -0.307. The van der Waals surface area contributed by atoms with Gasteiger partial charge in [-0.2, -0.15) is 5.26 Å². The molecule has 1 heterocycles. The van der Waals surface area contributed by atoms with Crippen LogP contribution in [0, 0.1) is 18.3 Å². The molecule has 0 amide bonds. The SMILES string of the molecule is COc1cccc(/C=C(\C#N)c2nc3ccc(C)cc3[nH]2)c1OCC(=O)[O-]. The molecule has 7 heteroatoms. The van der Waals surface area contributed by atoms with Crippen molar-refractivity contribution in [2.75, 3.05) is 13.7 Å². The van der Waals surface area contributed by atoms with Gasteiger partial charge >= 0.3 is 0 Å². The Labute approximate surface area is 155 Å². The number of nitrogens with zero attached hydrogens (tertiary/aromatic N) is 2. The summed E-state index contributed by atoms with van der Waals surface area (Å²) in [5, 5.41) is 20.4. The van der Waals surface area contributed by atoms with Gasteiger partial charge in [-0.25, -0.2) is 4.98 Å². The molecule has 0 fully saturated rings. The minimum absolute atomic E-state index is 0.212. The van der Waals surface area contributed by atoms with Crippen LogP contribution in [0.1, 0.15) is 17.0 Å². The summed E-state index contributed by atoms with van der Waals surface area (Å²) in [6.45, 7) is 1.34. The highest BCUT2D eigenvalue weighted by molar-refractivity contribution is 5.91. The maximum absolute atomic E-state index is 10.8. The number of nitriles is 1. The monoisotopic (exact) mass is 362 g/mol. The first-order valence-electron chi connectivity index (χ1n) is 8.10. The Morgan fingerprint density at radius 3 is 2.89 bits per heavy atom. The van der Waals surface area contributed by atoms with Crippen LogP contribution in [0.25, 0.3) is 22.7 Å². The average molecular weight is 362 g/mol. The molecule has 1 N–H and O–H groups in total. The van der Waals surface area contributed by atoms with E-state index >= 15 is 0 Å². The molecule has 0 saturated carbocycles. The Balaban J connectivity index is 2.06. The molecule has 27 heavy (non-hydrogen) atoms. The Bertz CT molecular complexity index is 1080. The average Bonchev–Trinajstić information content (AvgIpc) is 3.07. The van der Waals surface area contributed by atoms with Crippen LogP contribution in [-0.4, -0.2) is 29.7 Å². The summed E-state index contributed by atoms with van der Waals surface area (Å²) < 4.78 is 10.5. The van der Waals surface area contributed by atoms with E-state index in [1.165, 1.54) is 7.11 Å². The maximum atomic E-state index is 10.8. The van der Waals surface area contributed by atoms with Crippen LogP contribution in [0.5, 0.6) is 11.5 Å². The topological polar surface area (TPSA) is 111 Å². The van der Waals surface area contributed by atoms with E-state index in [4.69, 9.17) is 9.47 Å². The van der Waals surface area contributed by atoms with Crippen LogP contribution in [0.15, 0.2) is 36.4 Å². The summed E-state index contributed by atoms with van der Waals surface area (Å²) in [5.41, 5.74) is 3.41. The molecule has 0 aliphatic heterocycles. The fourth-order valence-electron chi connectivity index (χ4n) is 2.65. The second-order valence-corrected chi connectivity index (χ2v) is 5.82. The van der Waals surface area contributed by atoms with Gasteiger partial charge in [0, 0.05) is 5.56 Å². The molecular formula is C20H16N3O4-. The Hall–Kier alpha value is -3.79. The molecule has 7 nitrogen and oxygen atoms in total. The third kappa shape index (κ3) is 3.90. The number of carbonyl (C=O) groups excluding carboxylic acids is 1. The van der Waals surface area contributed by atoms with E-state index in [2.05, 4.69) is 16.0 Å². The zero-order valence-electron chi connectivity index (χ0n) is 14.8. The summed E-state index contributed by atoms with van der Waals surface area (Å²) in [6.07, 6.45) is 1.57. The van der Waals surface area contributed by atoms with Crippen LogP contribution < -0.4 is 14.6 Å². The molecule has 3 aromatic rings. The lowest BCUT2D eigenvalue weighted by Crippen LogP contribution is -2.29. The number of aryl methyl sites for hydroxylation is 1. The number of carboxylic acids is 1. The molecule has 0 saturated heterocycles. The van der Waals surface area contributed by atoms with E-state index in [0.717, 1.165) is 16.6 Å². The van der Waals surface area contributed by atoms with Crippen LogP contribution in [0.3, 0.4) is 0 Å². The van der Waals surface area contributed by atoms with Crippen molar-refractivity contribution >= 4 is 28.7 Å². The number of hydrogen-bond donors (Lipinski definition) is 1. The predicted molar refractivity (Wildman–Crippen MR) is 97.8 cm³/mol. The van der Waals surface area contributed by atoms with E-state index in [9.17, 15) is 15.2 Å². The smallest absolute Gasteiger partial charge is 0.168 e. The molecule has 136 valence electrons. The molecule has 2 aromatic carbocycles. The van der Waals surface area contributed by atoms with Crippen LogP contribution in [0.4, 0.5) is 0 Å². The Morgan fingerprint density at radius 2 is 2.19 bits per heavy atom. The summed E-state index contributed by atoms with van der Waals surface area (Å²) in [6, 6.07) is 12.9. The summed E-state index contributed by atoms with van der Waals surface area (Å²) >= 11 is 0. The van der Waals surface area contributed by atoms with Crippen molar-refractivity contribution in [1.82, 2.24) is 9.97 Å². The number of aliphatic carboxylic acids is 1. The van der Waals surface area contributed by atoms with Crippen molar-refractivity contribution in [1.29, 1.82) is 5.26 Å². The van der Waals surface area contributed by atoms with Crippen molar-refractivity contribution in [3.05, 3.63) is 53.3 Å². The number of fused-ring (bicyclic) bond motifs is 1. The van der Waals surface area contributed by atoms with Crippen molar-refractivity contribution < 1.29 is 19.4 Å². The number of H-pyrrole nitrogens is 1. The van der Waals surface area contributed by atoms with E-state index in [0.29, 0.717) is 17.1 Å². The number of aromatic nitrogens is 2. The first kappa shape index (κ1) is 18.0. The van der Waals surface area contributed by atoms with Crippen LogP contribution in [0.2, 0.25) is 0 Å².